The number of ether oxygens (including phenoxy) is 1. The highest BCUT2D eigenvalue weighted by molar-refractivity contribution is 6.06. The lowest BCUT2D eigenvalue weighted by molar-refractivity contribution is -0.137. The maximum Gasteiger partial charge on any atom is 0.255 e. The molecule has 3 heterocycles. The molecule has 2 aromatic carbocycles. The number of amides is 5. The Morgan fingerprint density at radius 3 is 2.62 bits per heavy atom. The molecule has 5 amide bonds. The van der Waals surface area contributed by atoms with E-state index in [-0.39, 0.29) is 49.1 Å². The molecule has 0 spiro atoms. The average Bonchev–Trinajstić information content (AvgIpc) is 3.36. The third-order valence-electron chi connectivity index (χ3n) is 8.64. The summed E-state index contributed by atoms with van der Waals surface area (Å²) >= 11 is 0. The van der Waals surface area contributed by atoms with Gasteiger partial charge in [0.2, 0.25) is 17.7 Å². The first-order chi connectivity index (χ1) is 21.7. The molecule has 2 saturated heterocycles. The fourth-order valence-corrected chi connectivity index (χ4v) is 6.07. The summed E-state index contributed by atoms with van der Waals surface area (Å²) in [5.41, 5.74) is 8.59. The topological polar surface area (TPSA) is 175 Å². The van der Waals surface area contributed by atoms with Gasteiger partial charge >= 0.3 is 0 Å². The standard InChI is InChI=1S/C32H41N7O6/c1-45-27-18-20(7-8-24(27)33)30(42)35-21-11-15-38(16-12-21)17-14-34-13-3-6-28(40)36-25-5-2-4-22-23(25)19-39(32(22)44)26-9-10-29(41)37-31(26)43/h2,4-5,7-8,18,21,26,34H,3,6,9-17,19,33H2,1H3,(H,35,42)(H,36,40)(H,37,41,43). The summed E-state index contributed by atoms with van der Waals surface area (Å²) < 4.78 is 5.21. The molecular formula is C32H41N7O6. The maximum absolute atomic E-state index is 13.0. The average molecular weight is 620 g/mol. The SMILES string of the molecule is COc1cc(C(=O)NC2CCN(CCNCCCC(=O)Nc3cccc4c3CN(C3CCC(=O)NC3=O)C4=O)CC2)ccc1N. The Bertz CT molecular complexity index is 1460. The molecule has 13 heteroatoms. The number of carbonyl (C=O) groups excluding carboxylic acids is 5. The highest BCUT2D eigenvalue weighted by Gasteiger charge is 2.40. The van der Waals surface area contributed by atoms with Gasteiger partial charge < -0.3 is 36.2 Å². The zero-order valence-corrected chi connectivity index (χ0v) is 25.5. The fourth-order valence-electron chi connectivity index (χ4n) is 6.07. The minimum Gasteiger partial charge on any atom is -0.495 e. The van der Waals surface area contributed by atoms with Gasteiger partial charge in [0.1, 0.15) is 11.8 Å². The van der Waals surface area contributed by atoms with Crippen molar-refractivity contribution in [3.63, 3.8) is 0 Å². The van der Waals surface area contributed by atoms with Crippen LogP contribution < -0.4 is 31.7 Å². The Labute approximate surface area is 262 Å². The van der Waals surface area contributed by atoms with E-state index in [1.54, 1.807) is 36.4 Å². The molecule has 2 fully saturated rings. The van der Waals surface area contributed by atoms with Crippen LogP contribution in [0.15, 0.2) is 36.4 Å². The zero-order valence-electron chi connectivity index (χ0n) is 25.5. The second-order valence-corrected chi connectivity index (χ2v) is 11.7. The minimum atomic E-state index is -0.699. The number of nitrogens with one attached hydrogen (secondary N) is 4. The van der Waals surface area contributed by atoms with Crippen molar-refractivity contribution in [2.24, 2.45) is 0 Å². The van der Waals surface area contributed by atoms with Crippen LogP contribution >= 0.6 is 0 Å². The number of rotatable bonds is 12. The molecule has 0 bridgehead atoms. The van der Waals surface area contributed by atoms with Gasteiger partial charge in [-0.15, -0.1) is 0 Å². The van der Waals surface area contributed by atoms with Crippen molar-refractivity contribution >= 4 is 40.9 Å². The van der Waals surface area contributed by atoms with E-state index in [4.69, 9.17) is 10.5 Å². The number of hydrogen-bond donors (Lipinski definition) is 5. The zero-order chi connectivity index (χ0) is 31.9. The molecule has 3 aliphatic heterocycles. The van der Waals surface area contributed by atoms with Crippen LogP contribution in [-0.4, -0.2) is 91.3 Å². The van der Waals surface area contributed by atoms with E-state index in [9.17, 15) is 24.0 Å². The van der Waals surface area contributed by atoms with Crippen molar-refractivity contribution in [1.29, 1.82) is 0 Å². The summed E-state index contributed by atoms with van der Waals surface area (Å²) in [5, 5.41) is 11.8. The Morgan fingerprint density at radius 2 is 1.87 bits per heavy atom. The summed E-state index contributed by atoms with van der Waals surface area (Å²) in [6.45, 7) is 4.37. The fraction of sp³-hybridized carbons (Fsp3) is 0.469. The molecule has 45 heavy (non-hydrogen) atoms. The van der Waals surface area contributed by atoms with Crippen LogP contribution in [0.25, 0.3) is 0 Å². The van der Waals surface area contributed by atoms with Gasteiger partial charge in [-0.05, 0) is 62.6 Å². The van der Waals surface area contributed by atoms with E-state index < -0.39 is 11.9 Å². The molecular weight excluding hydrogens is 578 g/mol. The number of nitrogens with two attached hydrogens (primary N) is 1. The lowest BCUT2D eigenvalue weighted by atomic mass is 10.0. The maximum atomic E-state index is 13.0. The van der Waals surface area contributed by atoms with Gasteiger partial charge in [0, 0.05) is 74.0 Å². The molecule has 3 aliphatic rings. The number of nitrogen functional groups attached to an aromatic ring is 1. The van der Waals surface area contributed by atoms with Gasteiger partial charge in [-0.2, -0.15) is 0 Å². The summed E-state index contributed by atoms with van der Waals surface area (Å²) in [6, 6.07) is 9.63. The predicted octanol–water partition coefficient (Wildman–Crippen LogP) is 1.24. The quantitative estimate of drug-likeness (QED) is 0.133. The Balaban J connectivity index is 0.970. The van der Waals surface area contributed by atoms with Crippen LogP contribution in [-0.2, 0) is 20.9 Å². The van der Waals surface area contributed by atoms with E-state index in [0.717, 1.165) is 39.0 Å². The molecule has 240 valence electrons. The van der Waals surface area contributed by atoms with E-state index in [0.29, 0.717) is 53.2 Å². The Morgan fingerprint density at radius 1 is 1.07 bits per heavy atom. The Kier molecular flexibility index (Phi) is 10.3. The predicted molar refractivity (Wildman–Crippen MR) is 168 cm³/mol. The smallest absolute Gasteiger partial charge is 0.255 e. The van der Waals surface area contributed by atoms with Crippen LogP contribution in [0.5, 0.6) is 5.75 Å². The lowest BCUT2D eigenvalue weighted by Crippen LogP contribution is -2.52. The van der Waals surface area contributed by atoms with Crippen molar-refractivity contribution in [3.8, 4) is 5.75 Å². The molecule has 0 radical (unpaired) electrons. The number of methoxy groups -OCH3 is 1. The van der Waals surface area contributed by atoms with Crippen LogP contribution in [0.3, 0.4) is 0 Å². The van der Waals surface area contributed by atoms with E-state index >= 15 is 0 Å². The second kappa shape index (κ2) is 14.5. The van der Waals surface area contributed by atoms with Gasteiger partial charge in [0.05, 0.1) is 12.8 Å². The molecule has 1 unspecified atom stereocenters. The largest absolute Gasteiger partial charge is 0.495 e. The summed E-state index contributed by atoms with van der Waals surface area (Å²) in [4.78, 5) is 66.0. The van der Waals surface area contributed by atoms with Crippen LogP contribution in [0.4, 0.5) is 11.4 Å². The highest BCUT2D eigenvalue weighted by Crippen LogP contribution is 2.32. The molecule has 2 aromatic rings. The number of anilines is 2. The lowest BCUT2D eigenvalue weighted by Gasteiger charge is -2.32. The summed E-state index contributed by atoms with van der Waals surface area (Å²) in [5.74, 6) is -0.843. The van der Waals surface area contributed by atoms with Crippen LogP contribution in [0, 0.1) is 0 Å². The number of likely N-dealkylation sites (tertiary alicyclic amines) is 1. The first-order valence-electron chi connectivity index (χ1n) is 15.5. The molecule has 0 aromatic heterocycles. The Hall–Kier alpha value is -4.49. The summed E-state index contributed by atoms with van der Waals surface area (Å²) in [7, 11) is 1.53. The first kappa shape index (κ1) is 31.9. The number of piperidine rings is 2. The monoisotopic (exact) mass is 619 g/mol. The number of hydrogen-bond acceptors (Lipinski definition) is 9. The number of carbonyl (C=O) groups is 5. The van der Waals surface area contributed by atoms with Gasteiger partial charge in [0.15, 0.2) is 0 Å². The van der Waals surface area contributed by atoms with Crippen molar-refractivity contribution in [1.82, 2.24) is 25.8 Å². The summed E-state index contributed by atoms with van der Waals surface area (Å²) in [6.07, 6.45) is 3.21. The minimum absolute atomic E-state index is 0.119. The number of fused-ring (bicyclic) bond motifs is 1. The van der Waals surface area contributed by atoms with Gasteiger partial charge in [-0.25, -0.2) is 0 Å². The number of benzene rings is 2. The molecule has 0 aliphatic carbocycles. The third kappa shape index (κ3) is 7.78. The molecule has 6 N–H and O–H groups in total. The highest BCUT2D eigenvalue weighted by atomic mass is 16.5. The van der Waals surface area contributed by atoms with E-state index in [1.807, 2.05) is 0 Å². The van der Waals surface area contributed by atoms with Crippen molar-refractivity contribution in [2.45, 2.75) is 57.2 Å². The molecule has 13 nitrogen and oxygen atoms in total. The van der Waals surface area contributed by atoms with Crippen LogP contribution in [0.2, 0.25) is 0 Å². The number of imide groups is 1. The van der Waals surface area contributed by atoms with Crippen molar-refractivity contribution in [3.05, 3.63) is 53.1 Å². The third-order valence-corrected chi connectivity index (χ3v) is 8.64. The van der Waals surface area contributed by atoms with Gasteiger partial charge in [-0.3, -0.25) is 29.3 Å². The van der Waals surface area contributed by atoms with Gasteiger partial charge in [-0.1, -0.05) is 6.07 Å². The molecule has 0 saturated carbocycles. The first-order valence-corrected chi connectivity index (χ1v) is 15.5. The van der Waals surface area contributed by atoms with E-state index in [2.05, 4.69) is 26.2 Å². The normalized spacial score (nSPS) is 18.8. The second-order valence-electron chi connectivity index (χ2n) is 11.7. The number of nitrogens with zero attached hydrogens (tertiary/aromatic N) is 2. The molecule has 5 rings (SSSR count). The van der Waals surface area contributed by atoms with E-state index in [1.165, 1.54) is 12.0 Å². The van der Waals surface area contributed by atoms with Crippen molar-refractivity contribution in [2.75, 3.05) is 50.9 Å². The van der Waals surface area contributed by atoms with Crippen molar-refractivity contribution < 1.29 is 28.7 Å². The van der Waals surface area contributed by atoms with Gasteiger partial charge in [0.25, 0.3) is 11.8 Å². The van der Waals surface area contributed by atoms with Crippen LogP contribution in [0.1, 0.15) is 64.8 Å². The molecule has 1 atom stereocenters.